The van der Waals surface area contributed by atoms with Crippen LogP contribution >= 0.6 is 0 Å². The summed E-state index contributed by atoms with van der Waals surface area (Å²) in [6, 6.07) is 14.7. The minimum Gasteiger partial charge on any atom is -0.393 e. The van der Waals surface area contributed by atoms with Crippen LogP contribution < -0.4 is 20.9 Å². The van der Waals surface area contributed by atoms with Gasteiger partial charge in [-0.15, -0.1) is 0 Å². The zero-order valence-corrected chi connectivity index (χ0v) is 39.8. The third kappa shape index (κ3) is 12.6. The predicted octanol–water partition coefficient (Wildman–Crippen LogP) is 4.59. The molecule has 8 rings (SSSR count). The van der Waals surface area contributed by atoms with Crippen molar-refractivity contribution in [1.82, 2.24) is 34.9 Å². The normalized spacial score (nSPS) is 21.4. The van der Waals surface area contributed by atoms with E-state index in [1.165, 1.54) is 5.56 Å². The number of unbranched alkanes of at least 4 members (excludes halogenated alkanes) is 1. The number of fused-ring (bicyclic) bond motifs is 2. The summed E-state index contributed by atoms with van der Waals surface area (Å²) in [4.78, 5) is 53.6. The second-order valence-corrected chi connectivity index (χ2v) is 18.3. The molecule has 0 bridgehead atoms. The summed E-state index contributed by atoms with van der Waals surface area (Å²) >= 11 is 0. The number of anilines is 3. The highest BCUT2D eigenvalue weighted by Gasteiger charge is 2.46. The third-order valence-corrected chi connectivity index (χ3v) is 13.6. The lowest BCUT2D eigenvalue weighted by molar-refractivity contribution is -0.139. The SMILES string of the molecule is CCCCNc1ncc2c(-c3ccc(CN4CCN(CCOCCOCCOCCOCCNc5cccc6c5N(C)C(=O)C6C5CCC(=O)NC5=O)CC4)cc3)nn(C3CCC(O)CC3)c2n1. The van der Waals surface area contributed by atoms with Crippen LogP contribution in [0.4, 0.5) is 17.3 Å². The molecule has 2 aromatic heterocycles. The maximum absolute atomic E-state index is 13.2. The molecule has 2 saturated heterocycles. The first kappa shape index (κ1) is 49.3. The van der Waals surface area contributed by atoms with Crippen LogP contribution in [0, 0.1) is 5.92 Å². The van der Waals surface area contributed by atoms with Crippen molar-refractivity contribution in [3.05, 3.63) is 59.8 Å². The standard InChI is InChI=1S/C50H70N10O8/c1-3-4-18-52-50-53-33-41-45(56-60(47(41)55-50)37-12-14-38(61)15-13-37)36-10-8-35(9-11-36)34-59-22-20-58(21-23-59)24-26-66-28-30-68-32-31-67-29-27-65-25-19-51-42-7-5-6-39-44(49(64)57(2)46(39)42)40-16-17-43(62)54-48(40)63/h5-11,33,37-38,40,44,51,61H,3-4,12-32,34H2,1-2H3,(H,52,53,55)(H,54,62,63). The Bertz CT molecular complexity index is 2280. The fourth-order valence-corrected chi connectivity index (χ4v) is 9.77. The number of piperazine rings is 1. The molecule has 4 aromatic rings. The van der Waals surface area contributed by atoms with Crippen LogP contribution in [0.25, 0.3) is 22.3 Å². The van der Waals surface area contributed by atoms with Crippen LogP contribution in [0.1, 0.15) is 81.4 Å². The molecule has 4 aliphatic rings. The molecule has 1 saturated carbocycles. The van der Waals surface area contributed by atoms with E-state index in [4.69, 9.17) is 29.0 Å². The molecule has 4 N–H and O–H groups in total. The summed E-state index contributed by atoms with van der Waals surface area (Å²) in [6.07, 6.45) is 7.79. The number of para-hydroxylation sites is 1. The number of nitrogens with one attached hydrogen (secondary N) is 3. The Kier molecular flexibility index (Phi) is 17.8. The summed E-state index contributed by atoms with van der Waals surface area (Å²) in [6.45, 7) is 13.5. The van der Waals surface area contributed by atoms with Gasteiger partial charge in [0.25, 0.3) is 0 Å². The van der Waals surface area contributed by atoms with Gasteiger partial charge in [-0.05, 0) is 55.7 Å². The van der Waals surface area contributed by atoms with Crippen LogP contribution in [-0.2, 0) is 39.9 Å². The number of hydrogen-bond acceptors (Lipinski definition) is 15. The van der Waals surface area contributed by atoms with Gasteiger partial charge in [0, 0.05) is 77.6 Å². The Morgan fingerprint density at radius 2 is 1.49 bits per heavy atom. The molecule has 2 atom stereocenters. The molecule has 0 radical (unpaired) electrons. The predicted molar refractivity (Wildman–Crippen MR) is 260 cm³/mol. The number of hydrogen-bond donors (Lipinski definition) is 4. The molecule has 18 heteroatoms. The highest BCUT2D eigenvalue weighted by molar-refractivity contribution is 6.11. The molecule has 3 fully saturated rings. The van der Waals surface area contributed by atoms with E-state index in [9.17, 15) is 19.5 Å². The smallest absolute Gasteiger partial charge is 0.235 e. The number of nitrogens with zero attached hydrogens (tertiary/aromatic N) is 7. The Morgan fingerprint density at radius 3 is 2.19 bits per heavy atom. The first-order valence-electron chi connectivity index (χ1n) is 24.8. The van der Waals surface area contributed by atoms with Crippen molar-refractivity contribution < 1.29 is 38.4 Å². The number of imide groups is 1. The van der Waals surface area contributed by atoms with Crippen molar-refractivity contribution >= 4 is 46.1 Å². The molecule has 368 valence electrons. The highest BCUT2D eigenvalue weighted by Crippen LogP contribution is 2.46. The Labute approximate surface area is 399 Å². The van der Waals surface area contributed by atoms with Crippen LogP contribution in [0.15, 0.2) is 48.7 Å². The van der Waals surface area contributed by atoms with Crippen molar-refractivity contribution in [2.75, 3.05) is 121 Å². The van der Waals surface area contributed by atoms with Crippen molar-refractivity contribution in [2.24, 2.45) is 5.92 Å². The van der Waals surface area contributed by atoms with Crippen molar-refractivity contribution in [1.29, 1.82) is 0 Å². The second-order valence-electron chi connectivity index (χ2n) is 18.3. The number of piperidine rings is 1. The zero-order chi connectivity index (χ0) is 47.2. The van der Waals surface area contributed by atoms with Gasteiger partial charge in [0.15, 0.2) is 5.65 Å². The zero-order valence-electron chi connectivity index (χ0n) is 39.8. The summed E-state index contributed by atoms with van der Waals surface area (Å²) in [5.74, 6) is -1.33. The van der Waals surface area contributed by atoms with Gasteiger partial charge in [0.05, 0.1) is 93.6 Å². The number of carbonyl (C=O) groups is 3. The molecular formula is C50H70N10O8. The summed E-state index contributed by atoms with van der Waals surface area (Å²) in [5.41, 5.74) is 6.47. The van der Waals surface area contributed by atoms with Gasteiger partial charge >= 0.3 is 0 Å². The maximum Gasteiger partial charge on any atom is 0.235 e. The highest BCUT2D eigenvalue weighted by atomic mass is 16.6. The van der Waals surface area contributed by atoms with Gasteiger partial charge in [0.2, 0.25) is 23.7 Å². The Balaban J connectivity index is 0.654. The molecule has 2 unspecified atom stereocenters. The molecule has 5 heterocycles. The fourth-order valence-electron chi connectivity index (χ4n) is 9.77. The van der Waals surface area contributed by atoms with E-state index in [1.807, 2.05) is 24.4 Å². The van der Waals surface area contributed by atoms with Crippen molar-refractivity contribution in [2.45, 2.75) is 82.9 Å². The third-order valence-electron chi connectivity index (χ3n) is 13.6. The number of aliphatic hydroxyl groups excluding tert-OH is 1. The molecule has 18 nitrogen and oxygen atoms in total. The van der Waals surface area contributed by atoms with E-state index in [2.05, 4.69) is 66.6 Å². The molecule has 0 spiro atoms. The Morgan fingerprint density at radius 1 is 0.794 bits per heavy atom. The van der Waals surface area contributed by atoms with Gasteiger partial charge in [-0.3, -0.25) is 29.5 Å². The van der Waals surface area contributed by atoms with E-state index in [1.54, 1.807) is 11.9 Å². The monoisotopic (exact) mass is 939 g/mol. The van der Waals surface area contributed by atoms with E-state index < -0.39 is 11.8 Å². The topological polar surface area (TPSA) is 198 Å². The largest absolute Gasteiger partial charge is 0.393 e. The maximum atomic E-state index is 13.2. The number of rotatable bonds is 25. The number of amides is 3. The first-order valence-corrected chi connectivity index (χ1v) is 24.8. The quantitative estimate of drug-likeness (QED) is 0.0532. The molecule has 3 aliphatic heterocycles. The molecule has 68 heavy (non-hydrogen) atoms. The van der Waals surface area contributed by atoms with Crippen molar-refractivity contribution in [3.63, 3.8) is 0 Å². The summed E-state index contributed by atoms with van der Waals surface area (Å²) in [7, 11) is 1.72. The van der Waals surface area contributed by atoms with Crippen molar-refractivity contribution in [3.8, 4) is 11.3 Å². The summed E-state index contributed by atoms with van der Waals surface area (Å²) in [5, 5.41) is 25.4. The fraction of sp³-hybridized carbons (Fsp3) is 0.600. The van der Waals surface area contributed by atoms with Gasteiger partial charge in [-0.1, -0.05) is 49.7 Å². The molecule has 3 amide bonds. The van der Waals surface area contributed by atoms with E-state index in [0.29, 0.717) is 71.8 Å². The minimum atomic E-state index is -0.599. The van der Waals surface area contributed by atoms with Crippen LogP contribution in [0.5, 0.6) is 0 Å². The second kappa shape index (κ2) is 24.5. The van der Waals surface area contributed by atoms with Crippen LogP contribution in [0.3, 0.4) is 0 Å². The van der Waals surface area contributed by atoms with Gasteiger partial charge in [0.1, 0.15) is 5.69 Å². The number of aliphatic hydroxyl groups is 1. The average molecular weight is 939 g/mol. The van der Waals surface area contributed by atoms with Gasteiger partial charge in [-0.2, -0.15) is 10.1 Å². The average Bonchev–Trinajstić information content (AvgIpc) is 3.85. The molecule has 2 aromatic carbocycles. The minimum absolute atomic E-state index is 0.138. The number of ether oxygens (including phenoxy) is 4. The van der Waals surface area contributed by atoms with E-state index in [0.717, 1.165) is 124 Å². The Hall–Kier alpha value is -5.08. The lowest BCUT2D eigenvalue weighted by atomic mass is 9.81. The number of aromatic nitrogens is 4. The number of benzene rings is 2. The van der Waals surface area contributed by atoms with Gasteiger partial charge in [-0.25, -0.2) is 9.67 Å². The van der Waals surface area contributed by atoms with E-state index in [-0.39, 0.29) is 36.3 Å². The van der Waals surface area contributed by atoms with Crippen LogP contribution in [-0.4, -0.2) is 164 Å². The lowest BCUT2D eigenvalue weighted by Crippen LogP contribution is -2.46. The first-order chi connectivity index (χ1) is 33.3. The molecular weight excluding hydrogens is 869 g/mol. The van der Waals surface area contributed by atoms with E-state index >= 15 is 0 Å². The molecule has 1 aliphatic carbocycles. The summed E-state index contributed by atoms with van der Waals surface area (Å²) < 4.78 is 25.1. The van der Waals surface area contributed by atoms with Gasteiger partial charge < -0.3 is 39.6 Å². The number of carbonyl (C=O) groups excluding carboxylic acids is 3. The number of likely N-dealkylation sites (N-methyl/N-ethyl adjacent to an activating group) is 1. The lowest BCUT2D eigenvalue weighted by Gasteiger charge is -2.34. The van der Waals surface area contributed by atoms with Crippen LogP contribution in [0.2, 0.25) is 0 Å².